The number of benzene rings is 3. The second-order valence-corrected chi connectivity index (χ2v) is 10.2. The maximum atomic E-state index is 12.6. The van der Waals surface area contributed by atoms with Crippen molar-refractivity contribution < 1.29 is 14.3 Å². The zero-order chi connectivity index (χ0) is 26.3. The molecule has 3 heteroatoms. The second kappa shape index (κ2) is 15.9. The highest BCUT2D eigenvalue weighted by Crippen LogP contribution is 2.25. The van der Waals surface area contributed by atoms with Gasteiger partial charge in [-0.2, -0.15) is 0 Å². The van der Waals surface area contributed by atoms with Gasteiger partial charge in [-0.1, -0.05) is 109 Å². The molecule has 0 aliphatic heterocycles. The summed E-state index contributed by atoms with van der Waals surface area (Å²) in [5.41, 5.74) is 4.00. The molecule has 0 fully saturated rings. The molecular weight excluding hydrogens is 456 g/mol. The van der Waals surface area contributed by atoms with E-state index in [1.807, 2.05) is 60.7 Å². The summed E-state index contributed by atoms with van der Waals surface area (Å²) < 4.78 is 11.5. The lowest BCUT2D eigenvalue weighted by molar-refractivity contribution is 0.0734. The van der Waals surface area contributed by atoms with Crippen molar-refractivity contribution in [3.8, 4) is 22.6 Å². The highest BCUT2D eigenvalue weighted by Gasteiger charge is 2.10. The minimum Gasteiger partial charge on any atom is -0.494 e. The number of ether oxygens (including phenoxy) is 2. The van der Waals surface area contributed by atoms with E-state index in [2.05, 4.69) is 32.9 Å². The maximum absolute atomic E-state index is 12.6. The molecule has 0 N–H and O–H groups in total. The number of hydrogen-bond acceptors (Lipinski definition) is 3. The quantitative estimate of drug-likeness (QED) is 0.112. The zero-order valence-electron chi connectivity index (χ0n) is 23.0. The molecule has 1 unspecified atom stereocenters. The van der Waals surface area contributed by atoms with Crippen LogP contribution in [0.2, 0.25) is 0 Å². The summed E-state index contributed by atoms with van der Waals surface area (Å²) in [7, 11) is 0. The van der Waals surface area contributed by atoms with Crippen LogP contribution < -0.4 is 9.47 Å². The maximum Gasteiger partial charge on any atom is 0.343 e. The number of carbonyl (C=O) groups is 1. The number of hydrogen-bond donors (Lipinski definition) is 0. The fourth-order valence-corrected chi connectivity index (χ4v) is 4.37. The van der Waals surface area contributed by atoms with E-state index in [-0.39, 0.29) is 5.97 Å². The summed E-state index contributed by atoms with van der Waals surface area (Å²) in [6, 6.07) is 23.6. The van der Waals surface area contributed by atoms with Gasteiger partial charge in [0.25, 0.3) is 0 Å². The smallest absolute Gasteiger partial charge is 0.343 e. The van der Waals surface area contributed by atoms with E-state index in [9.17, 15) is 4.79 Å². The Kier molecular flexibility index (Phi) is 12.3. The molecular formula is C34H44O3. The Morgan fingerprint density at radius 3 is 1.78 bits per heavy atom. The Morgan fingerprint density at radius 1 is 0.676 bits per heavy atom. The molecule has 0 aliphatic rings. The molecule has 0 aromatic heterocycles. The van der Waals surface area contributed by atoms with E-state index in [4.69, 9.17) is 9.47 Å². The van der Waals surface area contributed by atoms with Crippen molar-refractivity contribution in [1.82, 2.24) is 0 Å². The van der Waals surface area contributed by atoms with Gasteiger partial charge >= 0.3 is 5.97 Å². The molecule has 3 aromatic carbocycles. The third-order valence-corrected chi connectivity index (χ3v) is 6.99. The highest BCUT2D eigenvalue weighted by atomic mass is 16.5. The summed E-state index contributed by atoms with van der Waals surface area (Å²) in [5.74, 6) is 1.76. The third kappa shape index (κ3) is 10.1. The van der Waals surface area contributed by atoms with Crippen LogP contribution in [-0.2, 0) is 6.42 Å². The molecule has 198 valence electrons. The fourth-order valence-electron chi connectivity index (χ4n) is 4.37. The van der Waals surface area contributed by atoms with Crippen LogP contribution in [0.4, 0.5) is 0 Å². The Bertz CT molecular complexity index is 1040. The summed E-state index contributed by atoms with van der Waals surface area (Å²) in [4.78, 5) is 12.6. The van der Waals surface area contributed by atoms with Crippen LogP contribution in [0.15, 0.2) is 72.8 Å². The largest absolute Gasteiger partial charge is 0.494 e. The van der Waals surface area contributed by atoms with Crippen LogP contribution in [0.5, 0.6) is 11.5 Å². The summed E-state index contributed by atoms with van der Waals surface area (Å²) in [5, 5.41) is 0. The van der Waals surface area contributed by atoms with Gasteiger partial charge in [-0.25, -0.2) is 4.79 Å². The summed E-state index contributed by atoms with van der Waals surface area (Å²) in [6.45, 7) is 7.47. The molecule has 3 nitrogen and oxygen atoms in total. The fraction of sp³-hybridized carbons (Fsp3) is 0.441. The lowest BCUT2D eigenvalue weighted by Gasteiger charge is -2.10. The molecule has 1 atom stereocenters. The monoisotopic (exact) mass is 500 g/mol. The first-order valence-electron chi connectivity index (χ1n) is 14.2. The first-order chi connectivity index (χ1) is 18.1. The molecule has 0 saturated heterocycles. The predicted octanol–water partition coefficient (Wildman–Crippen LogP) is 9.68. The van der Waals surface area contributed by atoms with E-state index in [1.54, 1.807) is 0 Å². The van der Waals surface area contributed by atoms with Crippen molar-refractivity contribution in [1.29, 1.82) is 0 Å². The van der Waals surface area contributed by atoms with E-state index >= 15 is 0 Å². The Balaban J connectivity index is 1.42. The van der Waals surface area contributed by atoms with Crippen molar-refractivity contribution in [3.63, 3.8) is 0 Å². The van der Waals surface area contributed by atoms with Gasteiger partial charge in [-0.15, -0.1) is 0 Å². The average molecular weight is 501 g/mol. The summed E-state index contributed by atoms with van der Waals surface area (Å²) >= 11 is 0. The van der Waals surface area contributed by atoms with Crippen LogP contribution in [0.1, 0.15) is 94.5 Å². The second-order valence-electron chi connectivity index (χ2n) is 10.2. The minimum atomic E-state index is -0.333. The molecule has 0 heterocycles. The average Bonchev–Trinajstić information content (AvgIpc) is 2.93. The molecule has 0 amide bonds. The Labute approximate surface area is 224 Å². The first kappa shape index (κ1) is 28.5. The third-order valence-electron chi connectivity index (χ3n) is 6.99. The lowest BCUT2D eigenvalue weighted by atomic mass is 9.98. The number of esters is 1. The Morgan fingerprint density at radius 2 is 1.22 bits per heavy atom. The number of unbranched alkanes of at least 4 members (excludes halogenated alkanes) is 7. The zero-order valence-corrected chi connectivity index (χ0v) is 23.0. The highest BCUT2D eigenvalue weighted by molar-refractivity contribution is 5.91. The van der Waals surface area contributed by atoms with Crippen molar-refractivity contribution in [2.45, 2.75) is 85.0 Å². The van der Waals surface area contributed by atoms with Gasteiger partial charge in [0.05, 0.1) is 12.2 Å². The normalized spacial score (nSPS) is 11.8. The van der Waals surface area contributed by atoms with Gasteiger partial charge in [0.2, 0.25) is 0 Å². The van der Waals surface area contributed by atoms with Crippen molar-refractivity contribution in [2.24, 2.45) is 5.92 Å². The first-order valence-corrected chi connectivity index (χ1v) is 14.2. The van der Waals surface area contributed by atoms with Crippen LogP contribution in [0.3, 0.4) is 0 Å². The standard InChI is InChI=1S/C34H44O3/c1-4-6-7-8-9-10-11-12-25-36-32-21-17-29(18-22-32)30-19-23-33(24-20-30)37-34(35)31-15-13-28(14-16-31)26-27(3)5-2/h13-24,27H,4-12,25-26H2,1-3H3. The molecule has 0 spiro atoms. The van der Waals surface area contributed by atoms with E-state index < -0.39 is 0 Å². The number of rotatable bonds is 16. The van der Waals surface area contributed by atoms with Crippen LogP contribution in [-0.4, -0.2) is 12.6 Å². The van der Waals surface area contributed by atoms with Gasteiger partial charge in [0.15, 0.2) is 0 Å². The van der Waals surface area contributed by atoms with Gasteiger partial charge in [-0.3, -0.25) is 0 Å². The Hall–Kier alpha value is -3.07. The molecule has 3 rings (SSSR count). The summed E-state index contributed by atoms with van der Waals surface area (Å²) in [6.07, 6.45) is 12.6. The van der Waals surface area contributed by atoms with Crippen LogP contribution >= 0.6 is 0 Å². The van der Waals surface area contributed by atoms with Crippen molar-refractivity contribution in [2.75, 3.05) is 6.61 Å². The lowest BCUT2D eigenvalue weighted by Crippen LogP contribution is -2.08. The van der Waals surface area contributed by atoms with Crippen LogP contribution in [0, 0.1) is 5.92 Å². The van der Waals surface area contributed by atoms with E-state index in [0.717, 1.165) is 42.7 Å². The SMILES string of the molecule is CCCCCCCCCCOc1ccc(-c2ccc(OC(=O)c3ccc(CC(C)CC)cc3)cc2)cc1. The molecule has 0 aliphatic carbocycles. The van der Waals surface area contributed by atoms with Crippen molar-refractivity contribution >= 4 is 5.97 Å². The molecule has 37 heavy (non-hydrogen) atoms. The molecule has 0 saturated carbocycles. The van der Waals surface area contributed by atoms with Crippen LogP contribution in [0.25, 0.3) is 11.1 Å². The topological polar surface area (TPSA) is 35.5 Å². The van der Waals surface area contributed by atoms with Gasteiger partial charge in [-0.05, 0) is 71.8 Å². The van der Waals surface area contributed by atoms with E-state index in [0.29, 0.717) is 17.2 Å². The molecule has 0 bridgehead atoms. The van der Waals surface area contributed by atoms with Crippen molar-refractivity contribution in [3.05, 3.63) is 83.9 Å². The van der Waals surface area contributed by atoms with Gasteiger partial charge in [0, 0.05) is 0 Å². The molecule has 0 radical (unpaired) electrons. The predicted molar refractivity (Wildman–Crippen MR) is 155 cm³/mol. The van der Waals surface area contributed by atoms with E-state index in [1.165, 1.54) is 50.5 Å². The van der Waals surface area contributed by atoms with Gasteiger partial charge in [0.1, 0.15) is 11.5 Å². The molecule has 3 aromatic rings. The number of carbonyl (C=O) groups excluding carboxylic acids is 1. The van der Waals surface area contributed by atoms with Gasteiger partial charge < -0.3 is 9.47 Å². The minimum absolute atomic E-state index is 0.333.